The van der Waals surface area contributed by atoms with Gasteiger partial charge in [0.1, 0.15) is 5.69 Å². The highest BCUT2D eigenvalue weighted by atomic mass is 16.6. The minimum atomic E-state index is -0.677. The second kappa shape index (κ2) is 26.4. The Bertz CT molecular complexity index is 802. The molecule has 1 N–H and O–H groups in total. The average Bonchev–Trinajstić information content (AvgIpc) is 2.96. The van der Waals surface area contributed by atoms with Crippen LogP contribution in [0.25, 0.3) is 0 Å². The molecule has 0 atom stereocenters. The number of hydrogen-bond donors (Lipinski definition) is 1. The number of non-ortho nitro benzene ring substituents is 1. The van der Waals surface area contributed by atoms with Crippen molar-refractivity contribution < 1.29 is 43.0 Å². The zero-order valence-corrected chi connectivity index (χ0v) is 24.3. The van der Waals surface area contributed by atoms with Gasteiger partial charge in [0.2, 0.25) is 0 Å². The third kappa shape index (κ3) is 21.0. The molecule has 0 aliphatic rings. The Morgan fingerprint density at radius 3 is 1.46 bits per heavy atom. The van der Waals surface area contributed by atoms with Crippen molar-refractivity contribution in [1.29, 1.82) is 0 Å². The summed E-state index contributed by atoms with van der Waals surface area (Å²) >= 11 is 0. The first-order valence-electron chi connectivity index (χ1n) is 14.3. The number of anilines is 1. The van der Waals surface area contributed by atoms with Crippen molar-refractivity contribution in [2.24, 2.45) is 0 Å². The van der Waals surface area contributed by atoms with E-state index < -0.39 is 9.85 Å². The van der Waals surface area contributed by atoms with Crippen molar-refractivity contribution in [2.75, 3.05) is 104 Å². The highest BCUT2D eigenvalue weighted by Gasteiger charge is 2.19. The van der Waals surface area contributed by atoms with Gasteiger partial charge in [-0.1, -0.05) is 32.6 Å². The van der Waals surface area contributed by atoms with Crippen molar-refractivity contribution in [3.05, 3.63) is 38.4 Å². The highest BCUT2D eigenvalue weighted by molar-refractivity contribution is 5.65. The summed E-state index contributed by atoms with van der Waals surface area (Å²) in [5, 5.41) is 24.7. The van der Waals surface area contributed by atoms with Gasteiger partial charge in [0, 0.05) is 19.2 Å². The normalized spacial score (nSPS) is 11.1. The molecule has 0 aliphatic carbocycles. The average molecular weight is 590 g/mol. The third-order valence-electron chi connectivity index (χ3n) is 5.57. The van der Waals surface area contributed by atoms with Gasteiger partial charge in [0.15, 0.2) is 0 Å². The summed E-state index contributed by atoms with van der Waals surface area (Å²) in [6.07, 6.45) is 6.20. The van der Waals surface area contributed by atoms with Gasteiger partial charge in [0.25, 0.3) is 11.4 Å². The van der Waals surface area contributed by atoms with E-state index >= 15 is 0 Å². The van der Waals surface area contributed by atoms with Gasteiger partial charge in [-0.3, -0.25) is 20.2 Å². The van der Waals surface area contributed by atoms with E-state index in [1.165, 1.54) is 37.8 Å². The van der Waals surface area contributed by atoms with Crippen LogP contribution >= 0.6 is 0 Å². The number of nitro groups is 2. The summed E-state index contributed by atoms with van der Waals surface area (Å²) in [7, 11) is 0. The van der Waals surface area contributed by atoms with Gasteiger partial charge in [-0.25, -0.2) is 0 Å². The standard InChI is InChI=1S/C27H47N3O11/c1-2-3-4-5-6-10-35-12-14-37-16-18-39-20-22-41-23-21-40-19-17-38-15-13-36-11-9-28-26-8-7-25(29(31)32)24-27(26)30(33)34/h7-8,24,28H,2-6,9-23H2,1H3. The van der Waals surface area contributed by atoms with E-state index in [1.54, 1.807) is 0 Å². The lowest BCUT2D eigenvalue weighted by Crippen LogP contribution is -2.15. The van der Waals surface area contributed by atoms with E-state index in [-0.39, 0.29) is 23.7 Å². The number of nitro benzene ring substituents is 2. The van der Waals surface area contributed by atoms with Crippen molar-refractivity contribution in [1.82, 2.24) is 0 Å². The predicted molar refractivity (Wildman–Crippen MR) is 153 cm³/mol. The second-order valence-electron chi connectivity index (χ2n) is 8.84. The van der Waals surface area contributed by atoms with Gasteiger partial charge in [0.05, 0.1) is 102 Å². The highest BCUT2D eigenvalue weighted by Crippen LogP contribution is 2.28. The molecule has 14 heteroatoms. The molecule has 0 aromatic heterocycles. The fraction of sp³-hybridized carbons (Fsp3) is 0.778. The molecule has 0 unspecified atom stereocenters. The maximum Gasteiger partial charge on any atom is 0.299 e. The SMILES string of the molecule is CCCCCCCOCCOCCOCCOCCOCCOCCOCCNc1ccc([N+](=O)[O-])cc1[N+](=O)[O-]. The number of hydrogen-bond acceptors (Lipinski definition) is 12. The Labute approximate surface area is 242 Å². The summed E-state index contributed by atoms with van der Waals surface area (Å²) in [5.74, 6) is 0. The first-order chi connectivity index (χ1) is 20.1. The van der Waals surface area contributed by atoms with Crippen LogP contribution in [0, 0.1) is 20.2 Å². The maximum absolute atomic E-state index is 11.1. The number of nitrogens with one attached hydrogen (secondary N) is 1. The lowest BCUT2D eigenvalue weighted by Gasteiger charge is -2.09. The van der Waals surface area contributed by atoms with Crippen LogP contribution in [-0.2, 0) is 33.2 Å². The predicted octanol–water partition coefficient (Wildman–Crippen LogP) is 4.00. The monoisotopic (exact) mass is 589 g/mol. The van der Waals surface area contributed by atoms with Crippen LogP contribution in [0.15, 0.2) is 18.2 Å². The van der Waals surface area contributed by atoms with Gasteiger partial charge >= 0.3 is 0 Å². The zero-order chi connectivity index (χ0) is 29.8. The van der Waals surface area contributed by atoms with Crippen LogP contribution in [0.4, 0.5) is 17.1 Å². The smallest absolute Gasteiger partial charge is 0.299 e. The summed E-state index contributed by atoms with van der Waals surface area (Å²) in [4.78, 5) is 20.6. The van der Waals surface area contributed by atoms with Gasteiger partial charge in [-0.2, -0.15) is 0 Å². The number of benzene rings is 1. The number of nitrogens with zero attached hydrogens (tertiary/aromatic N) is 2. The van der Waals surface area contributed by atoms with Crippen molar-refractivity contribution in [3.63, 3.8) is 0 Å². The zero-order valence-electron chi connectivity index (χ0n) is 24.3. The molecule has 1 aromatic rings. The summed E-state index contributed by atoms with van der Waals surface area (Å²) in [5.41, 5.74) is -0.503. The quantitative estimate of drug-likeness (QED) is 0.0780. The van der Waals surface area contributed by atoms with Gasteiger partial charge in [-0.15, -0.1) is 0 Å². The molecule has 0 bridgehead atoms. The van der Waals surface area contributed by atoms with Crippen molar-refractivity contribution in [3.8, 4) is 0 Å². The summed E-state index contributed by atoms with van der Waals surface area (Å²) < 4.78 is 38.2. The van der Waals surface area contributed by atoms with E-state index in [1.807, 2.05) is 0 Å². The maximum atomic E-state index is 11.1. The van der Waals surface area contributed by atoms with Crippen LogP contribution in [0.5, 0.6) is 0 Å². The third-order valence-corrected chi connectivity index (χ3v) is 5.57. The van der Waals surface area contributed by atoms with Crippen LogP contribution in [-0.4, -0.2) is 109 Å². The summed E-state index contributed by atoms with van der Waals surface area (Å²) in [6, 6.07) is 3.44. The Balaban J connectivity index is 1.79. The lowest BCUT2D eigenvalue weighted by molar-refractivity contribution is -0.393. The molecule has 0 heterocycles. The minimum Gasteiger partial charge on any atom is -0.379 e. The van der Waals surface area contributed by atoms with E-state index in [2.05, 4.69) is 12.2 Å². The van der Waals surface area contributed by atoms with Crippen LogP contribution in [0.2, 0.25) is 0 Å². The van der Waals surface area contributed by atoms with E-state index in [9.17, 15) is 20.2 Å². The molecule has 1 rings (SSSR count). The first-order valence-corrected chi connectivity index (χ1v) is 14.3. The molecule has 0 saturated heterocycles. The molecule has 236 valence electrons. The van der Waals surface area contributed by atoms with Gasteiger partial charge < -0.3 is 38.5 Å². The molecular formula is C27H47N3O11. The lowest BCUT2D eigenvalue weighted by atomic mass is 10.2. The molecule has 0 aliphatic heterocycles. The largest absolute Gasteiger partial charge is 0.379 e. The molecule has 0 spiro atoms. The van der Waals surface area contributed by atoms with Crippen LogP contribution in [0.1, 0.15) is 39.0 Å². The number of unbranched alkanes of at least 4 members (excludes halogenated alkanes) is 4. The van der Waals surface area contributed by atoms with Crippen molar-refractivity contribution in [2.45, 2.75) is 39.0 Å². The van der Waals surface area contributed by atoms with Crippen LogP contribution < -0.4 is 5.32 Å². The molecule has 0 amide bonds. The molecule has 1 aromatic carbocycles. The van der Waals surface area contributed by atoms with E-state index in [0.717, 1.165) is 19.1 Å². The fourth-order valence-corrected chi connectivity index (χ4v) is 3.42. The Morgan fingerprint density at radius 1 is 0.585 bits per heavy atom. The Morgan fingerprint density at radius 2 is 1.02 bits per heavy atom. The first kappa shape index (κ1) is 36.6. The van der Waals surface area contributed by atoms with Gasteiger partial charge in [-0.05, 0) is 12.5 Å². The summed E-state index contributed by atoms with van der Waals surface area (Å²) in [6.45, 7) is 9.39. The Kier molecular flexibility index (Phi) is 23.6. The van der Waals surface area contributed by atoms with Crippen molar-refractivity contribution >= 4 is 17.1 Å². The number of rotatable bonds is 30. The van der Waals surface area contributed by atoms with E-state index in [0.29, 0.717) is 85.8 Å². The second-order valence-corrected chi connectivity index (χ2v) is 8.84. The molecule has 14 nitrogen and oxygen atoms in total. The fourth-order valence-electron chi connectivity index (χ4n) is 3.42. The van der Waals surface area contributed by atoms with Crippen LogP contribution in [0.3, 0.4) is 0 Å². The van der Waals surface area contributed by atoms with E-state index in [4.69, 9.17) is 33.2 Å². The minimum absolute atomic E-state index is 0.194. The molecule has 0 fully saturated rings. The topological polar surface area (TPSA) is 163 Å². The molecule has 41 heavy (non-hydrogen) atoms. The molecule has 0 radical (unpaired) electrons. The number of ether oxygens (including phenoxy) is 7. The Hall–Kier alpha value is -2.46. The molecular weight excluding hydrogens is 542 g/mol. The molecule has 0 saturated carbocycles.